The number of fused-ring (bicyclic) bond motifs is 1. The van der Waals surface area contributed by atoms with Crippen LogP contribution in [0.3, 0.4) is 0 Å². The average molecular weight is 424 g/mol. The molecule has 0 spiro atoms. The molecule has 0 saturated heterocycles. The molecule has 0 unspecified atom stereocenters. The van der Waals surface area contributed by atoms with E-state index < -0.39 is 0 Å². The minimum atomic E-state index is -0.340. The van der Waals surface area contributed by atoms with Crippen molar-refractivity contribution in [2.24, 2.45) is 0 Å². The second-order valence-electron chi connectivity index (χ2n) is 7.24. The molecule has 30 heavy (non-hydrogen) atoms. The minimum absolute atomic E-state index is 0.0254. The van der Waals surface area contributed by atoms with Gasteiger partial charge < -0.3 is 14.5 Å². The molecule has 0 saturated carbocycles. The fraction of sp³-hybridized carbons (Fsp3) is 0.348. The second kappa shape index (κ2) is 9.34. The number of carbonyl (C=O) groups is 1. The Morgan fingerprint density at radius 2 is 2.03 bits per heavy atom. The number of aryl methyl sites for hydroxylation is 1. The number of benzene rings is 2. The first-order chi connectivity index (χ1) is 14.6. The Balaban J connectivity index is 1.37. The van der Waals surface area contributed by atoms with Crippen LogP contribution in [0.4, 0.5) is 0 Å². The maximum absolute atomic E-state index is 12.8. The molecule has 0 radical (unpaired) electrons. The molecule has 1 aliphatic carbocycles. The Bertz CT molecular complexity index is 1000. The van der Waals surface area contributed by atoms with Crippen molar-refractivity contribution < 1.29 is 13.9 Å². The number of hydrogen-bond acceptors (Lipinski definition) is 6. The van der Waals surface area contributed by atoms with Gasteiger partial charge in [0.1, 0.15) is 5.75 Å². The quantitative estimate of drug-likeness (QED) is 0.550. The van der Waals surface area contributed by atoms with Gasteiger partial charge in [0.25, 0.3) is 5.22 Å². The van der Waals surface area contributed by atoms with Crippen LogP contribution < -0.4 is 10.1 Å². The van der Waals surface area contributed by atoms with Gasteiger partial charge in [-0.15, -0.1) is 10.2 Å². The molecular formula is C23H25N3O3S. The van der Waals surface area contributed by atoms with E-state index in [4.69, 9.17) is 9.15 Å². The fourth-order valence-electron chi connectivity index (χ4n) is 3.63. The summed E-state index contributed by atoms with van der Waals surface area (Å²) in [5.74, 6) is 1.20. The van der Waals surface area contributed by atoms with Crippen molar-refractivity contribution in [3.8, 4) is 17.2 Å². The number of nitrogens with one attached hydrogen (secondary N) is 1. The van der Waals surface area contributed by atoms with Gasteiger partial charge in [-0.1, -0.05) is 36.0 Å². The summed E-state index contributed by atoms with van der Waals surface area (Å²) in [7, 11) is 0. The lowest BCUT2D eigenvalue weighted by Gasteiger charge is -2.27. The monoisotopic (exact) mass is 423 g/mol. The summed E-state index contributed by atoms with van der Waals surface area (Å²) in [5, 5.41) is 11.4. The zero-order valence-corrected chi connectivity index (χ0v) is 17.9. The van der Waals surface area contributed by atoms with Crippen molar-refractivity contribution in [1.29, 1.82) is 0 Å². The maximum Gasteiger partial charge on any atom is 0.277 e. The Morgan fingerprint density at radius 1 is 1.23 bits per heavy atom. The van der Waals surface area contributed by atoms with E-state index in [1.807, 2.05) is 44.2 Å². The Labute approximate surface area is 180 Å². The highest BCUT2D eigenvalue weighted by Gasteiger charge is 2.25. The van der Waals surface area contributed by atoms with Gasteiger partial charge in [-0.05, 0) is 68.5 Å². The Kier molecular flexibility index (Phi) is 6.38. The van der Waals surface area contributed by atoms with Gasteiger partial charge in [-0.25, -0.2) is 0 Å². The summed E-state index contributed by atoms with van der Waals surface area (Å²) in [5.41, 5.74) is 3.37. The zero-order chi connectivity index (χ0) is 20.9. The van der Waals surface area contributed by atoms with E-state index in [1.165, 1.54) is 22.9 Å². The summed E-state index contributed by atoms with van der Waals surface area (Å²) in [6.45, 7) is 4.42. The highest BCUT2D eigenvalue weighted by atomic mass is 32.2. The van der Waals surface area contributed by atoms with Crippen LogP contribution in [0.2, 0.25) is 0 Å². The number of ether oxygens (including phenoxy) is 1. The normalized spacial score (nSPS) is 16.5. The molecule has 4 rings (SSSR count). The molecule has 0 bridgehead atoms. The van der Waals surface area contributed by atoms with E-state index in [2.05, 4.69) is 33.7 Å². The van der Waals surface area contributed by atoms with Gasteiger partial charge in [0.2, 0.25) is 11.8 Å². The molecule has 2 atom stereocenters. The first kappa shape index (κ1) is 20.5. The summed E-state index contributed by atoms with van der Waals surface area (Å²) < 4.78 is 11.2. The van der Waals surface area contributed by atoms with Crippen molar-refractivity contribution in [3.63, 3.8) is 0 Å². The second-order valence-corrected chi connectivity index (χ2v) is 8.53. The first-order valence-electron chi connectivity index (χ1n) is 10.3. The number of hydrogen-bond donors (Lipinski definition) is 1. The number of rotatable bonds is 7. The molecular weight excluding hydrogens is 398 g/mol. The number of aromatic nitrogens is 2. The topological polar surface area (TPSA) is 77.2 Å². The summed E-state index contributed by atoms with van der Waals surface area (Å²) in [4.78, 5) is 12.8. The number of carbonyl (C=O) groups excluding carboxylic acids is 1. The van der Waals surface area contributed by atoms with Crippen molar-refractivity contribution in [2.75, 3.05) is 6.61 Å². The van der Waals surface area contributed by atoms with E-state index in [1.54, 1.807) is 0 Å². The van der Waals surface area contributed by atoms with Crippen LogP contribution in [-0.4, -0.2) is 28.0 Å². The first-order valence-corrected chi connectivity index (χ1v) is 11.1. The van der Waals surface area contributed by atoms with Crippen LogP contribution in [0.1, 0.15) is 43.9 Å². The van der Waals surface area contributed by atoms with Crippen LogP contribution >= 0.6 is 11.8 Å². The summed E-state index contributed by atoms with van der Waals surface area (Å²) in [6, 6.07) is 15.9. The van der Waals surface area contributed by atoms with Gasteiger partial charge in [0, 0.05) is 5.56 Å². The van der Waals surface area contributed by atoms with Crippen LogP contribution in [-0.2, 0) is 11.2 Å². The van der Waals surface area contributed by atoms with Crippen molar-refractivity contribution in [2.45, 2.75) is 49.6 Å². The molecule has 0 fully saturated rings. The van der Waals surface area contributed by atoms with E-state index in [0.717, 1.165) is 30.6 Å². The van der Waals surface area contributed by atoms with Crippen molar-refractivity contribution in [3.05, 3.63) is 59.7 Å². The lowest BCUT2D eigenvalue weighted by molar-refractivity contribution is -0.121. The molecule has 1 heterocycles. The number of nitrogens with zero attached hydrogens (tertiary/aromatic N) is 2. The molecule has 1 amide bonds. The van der Waals surface area contributed by atoms with E-state index in [-0.39, 0.29) is 17.2 Å². The maximum atomic E-state index is 12.8. The third-order valence-corrected chi connectivity index (χ3v) is 6.09. The molecule has 2 aromatic carbocycles. The molecule has 1 N–H and O–H groups in total. The van der Waals surface area contributed by atoms with Gasteiger partial charge in [-0.3, -0.25) is 4.79 Å². The van der Waals surface area contributed by atoms with E-state index >= 15 is 0 Å². The SMILES string of the molecule is CCOc1ccc(-c2nnc(S[C@H](C)C(=O)N[C@@H]3CCCc4ccccc43)o2)cc1. The third-order valence-electron chi connectivity index (χ3n) is 5.15. The molecule has 3 aromatic rings. The fourth-order valence-corrected chi connectivity index (χ4v) is 4.32. The molecule has 7 heteroatoms. The minimum Gasteiger partial charge on any atom is -0.494 e. The van der Waals surface area contributed by atoms with Crippen LogP contribution in [0.25, 0.3) is 11.5 Å². The largest absolute Gasteiger partial charge is 0.494 e. The molecule has 6 nitrogen and oxygen atoms in total. The highest BCUT2D eigenvalue weighted by molar-refractivity contribution is 8.00. The van der Waals surface area contributed by atoms with Gasteiger partial charge in [0.15, 0.2) is 0 Å². The van der Waals surface area contributed by atoms with Crippen LogP contribution in [0, 0.1) is 0 Å². The number of thioether (sulfide) groups is 1. The standard InChI is InChI=1S/C23H25N3O3S/c1-3-28-18-13-11-17(12-14-18)22-25-26-23(29-22)30-15(2)21(27)24-20-10-6-8-16-7-4-5-9-19(16)20/h4-5,7,9,11-15,20H,3,6,8,10H2,1-2H3,(H,24,27)/t15-,20-/m1/s1. The van der Waals surface area contributed by atoms with E-state index in [0.29, 0.717) is 17.7 Å². The average Bonchev–Trinajstić information content (AvgIpc) is 3.23. The van der Waals surface area contributed by atoms with Gasteiger partial charge in [-0.2, -0.15) is 0 Å². The smallest absolute Gasteiger partial charge is 0.277 e. The third kappa shape index (κ3) is 4.67. The van der Waals surface area contributed by atoms with Crippen molar-refractivity contribution >= 4 is 17.7 Å². The number of amides is 1. The van der Waals surface area contributed by atoms with Gasteiger partial charge in [0.05, 0.1) is 17.9 Å². The lowest BCUT2D eigenvalue weighted by Crippen LogP contribution is -2.35. The predicted octanol–water partition coefficient (Wildman–Crippen LogP) is 4.81. The van der Waals surface area contributed by atoms with Gasteiger partial charge >= 0.3 is 0 Å². The van der Waals surface area contributed by atoms with Crippen LogP contribution in [0.5, 0.6) is 5.75 Å². The van der Waals surface area contributed by atoms with Crippen LogP contribution in [0.15, 0.2) is 58.2 Å². The van der Waals surface area contributed by atoms with E-state index in [9.17, 15) is 4.79 Å². The predicted molar refractivity (Wildman–Crippen MR) is 116 cm³/mol. The highest BCUT2D eigenvalue weighted by Crippen LogP contribution is 2.31. The molecule has 1 aliphatic rings. The Hall–Kier alpha value is -2.80. The summed E-state index contributed by atoms with van der Waals surface area (Å²) >= 11 is 1.27. The zero-order valence-electron chi connectivity index (χ0n) is 17.1. The molecule has 0 aliphatic heterocycles. The van der Waals surface area contributed by atoms with Crippen molar-refractivity contribution in [1.82, 2.24) is 15.5 Å². The molecule has 156 valence electrons. The molecule has 1 aromatic heterocycles. The Morgan fingerprint density at radius 3 is 2.83 bits per heavy atom. The lowest BCUT2D eigenvalue weighted by atomic mass is 9.88. The summed E-state index contributed by atoms with van der Waals surface area (Å²) in [6.07, 6.45) is 3.12.